The lowest BCUT2D eigenvalue weighted by Gasteiger charge is -2.15. The van der Waals surface area contributed by atoms with Gasteiger partial charge in [0, 0.05) is 20.6 Å². The summed E-state index contributed by atoms with van der Waals surface area (Å²) in [5, 5.41) is 4.22. The topological polar surface area (TPSA) is 49.4 Å². The van der Waals surface area contributed by atoms with Gasteiger partial charge >= 0.3 is 0 Å². The molecule has 7 heteroatoms. The Morgan fingerprint density at radius 2 is 1.53 bits per heavy atom. The molecule has 4 rings (SSSR count). The number of imide groups is 1. The number of benzene rings is 3. The molecule has 0 atom stereocenters. The van der Waals surface area contributed by atoms with E-state index >= 15 is 0 Å². The molecule has 0 saturated heterocycles. The molecule has 0 spiro atoms. The van der Waals surface area contributed by atoms with Crippen molar-refractivity contribution >= 4 is 58.2 Å². The Bertz CT molecular complexity index is 1160. The molecule has 2 amide bonds. The predicted molar refractivity (Wildman–Crippen MR) is 123 cm³/mol. The van der Waals surface area contributed by atoms with Crippen molar-refractivity contribution in [3.05, 3.63) is 99.0 Å². The third kappa shape index (κ3) is 4.24. The normalized spacial score (nSPS) is 13.9. The van der Waals surface area contributed by atoms with E-state index < -0.39 is 5.91 Å². The highest BCUT2D eigenvalue weighted by atomic mass is 35.5. The van der Waals surface area contributed by atoms with Gasteiger partial charge in [-0.2, -0.15) is 0 Å². The molecule has 0 saturated carbocycles. The van der Waals surface area contributed by atoms with Gasteiger partial charge in [0.05, 0.1) is 5.69 Å². The zero-order chi connectivity index (χ0) is 21.3. The van der Waals surface area contributed by atoms with Crippen LogP contribution in [-0.4, -0.2) is 11.8 Å². The number of halogens is 2. The van der Waals surface area contributed by atoms with Crippen LogP contribution in [0, 0.1) is 6.92 Å². The van der Waals surface area contributed by atoms with Crippen molar-refractivity contribution in [2.24, 2.45) is 0 Å². The maximum absolute atomic E-state index is 13.3. The third-order valence-electron chi connectivity index (χ3n) is 4.46. The second kappa shape index (κ2) is 8.56. The monoisotopic (exact) mass is 454 g/mol. The molecular weight excluding hydrogens is 439 g/mol. The SMILES string of the molecule is Cc1ccc(N2C(=O)C(Nc3cccc(Cl)c3)=C(Sc3ccc(Cl)cc3)C2=O)cc1. The van der Waals surface area contributed by atoms with Crippen LogP contribution in [0.4, 0.5) is 11.4 Å². The Morgan fingerprint density at radius 1 is 0.833 bits per heavy atom. The summed E-state index contributed by atoms with van der Waals surface area (Å²) in [6.07, 6.45) is 0. The molecule has 0 aromatic heterocycles. The van der Waals surface area contributed by atoms with Gasteiger partial charge in [-0.3, -0.25) is 9.59 Å². The number of carbonyl (C=O) groups excluding carboxylic acids is 2. The minimum atomic E-state index is -0.416. The molecular formula is C23H16Cl2N2O2S. The number of carbonyl (C=O) groups is 2. The first kappa shape index (κ1) is 20.5. The lowest BCUT2D eigenvalue weighted by Crippen LogP contribution is -2.32. The van der Waals surface area contributed by atoms with E-state index in [-0.39, 0.29) is 11.6 Å². The maximum atomic E-state index is 13.3. The fourth-order valence-corrected chi connectivity index (χ4v) is 4.22. The van der Waals surface area contributed by atoms with Crippen molar-refractivity contribution in [3.8, 4) is 0 Å². The number of hydrogen-bond acceptors (Lipinski definition) is 4. The number of hydrogen-bond donors (Lipinski definition) is 1. The van der Waals surface area contributed by atoms with E-state index in [1.54, 1.807) is 48.5 Å². The van der Waals surface area contributed by atoms with Crippen molar-refractivity contribution in [1.82, 2.24) is 0 Å². The lowest BCUT2D eigenvalue weighted by molar-refractivity contribution is -0.120. The number of aryl methyl sites for hydroxylation is 1. The number of nitrogens with zero attached hydrogens (tertiary/aromatic N) is 1. The quantitative estimate of drug-likeness (QED) is 0.460. The van der Waals surface area contributed by atoms with Crippen molar-refractivity contribution < 1.29 is 9.59 Å². The Morgan fingerprint density at radius 3 is 2.20 bits per heavy atom. The molecule has 1 aliphatic heterocycles. The number of nitrogens with one attached hydrogen (secondary N) is 1. The Labute approximate surface area is 188 Å². The second-order valence-electron chi connectivity index (χ2n) is 6.68. The number of anilines is 2. The molecule has 0 aliphatic carbocycles. The van der Waals surface area contributed by atoms with Gasteiger partial charge in [-0.1, -0.05) is 58.7 Å². The van der Waals surface area contributed by atoms with Crippen molar-refractivity contribution in [2.75, 3.05) is 10.2 Å². The van der Waals surface area contributed by atoms with Crippen LogP contribution in [0.3, 0.4) is 0 Å². The summed E-state index contributed by atoms with van der Waals surface area (Å²) in [6, 6.07) is 21.4. The summed E-state index contributed by atoms with van der Waals surface area (Å²) in [4.78, 5) is 28.8. The standard InChI is InChI=1S/C23H16Cl2N2O2S/c1-14-5-9-18(10-6-14)27-22(28)20(26-17-4-2-3-16(25)13-17)21(23(27)29)30-19-11-7-15(24)8-12-19/h2-13,26H,1H3. The van der Waals surface area contributed by atoms with Gasteiger partial charge in [-0.25, -0.2) is 4.90 Å². The summed E-state index contributed by atoms with van der Waals surface area (Å²) in [5.41, 5.74) is 2.40. The van der Waals surface area contributed by atoms with E-state index in [0.29, 0.717) is 26.3 Å². The van der Waals surface area contributed by atoms with Crippen LogP contribution in [0.25, 0.3) is 0 Å². The highest BCUT2D eigenvalue weighted by Crippen LogP contribution is 2.38. The Balaban J connectivity index is 1.74. The molecule has 150 valence electrons. The summed E-state index contributed by atoms with van der Waals surface area (Å²) >= 11 is 13.3. The molecule has 4 nitrogen and oxygen atoms in total. The number of amides is 2. The zero-order valence-corrected chi connectivity index (χ0v) is 18.2. The molecule has 0 unspecified atom stereocenters. The lowest BCUT2D eigenvalue weighted by atomic mass is 10.2. The zero-order valence-electron chi connectivity index (χ0n) is 15.9. The van der Waals surface area contributed by atoms with Crippen LogP contribution in [0.2, 0.25) is 10.0 Å². The minimum Gasteiger partial charge on any atom is -0.350 e. The predicted octanol–water partition coefficient (Wildman–Crippen LogP) is 6.29. The first-order chi connectivity index (χ1) is 14.4. The summed E-state index contributed by atoms with van der Waals surface area (Å²) < 4.78 is 0. The maximum Gasteiger partial charge on any atom is 0.283 e. The highest BCUT2D eigenvalue weighted by molar-refractivity contribution is 8.04. The van der Waals surface area contributed by atoms with Crippen LogP contribution in [0.5, 0.6) is 0 Å². The molecule has 1 aliphatic rings. The smallest absolute Gasteiger partial charge is 0.283 e. The van der Waals surface area contributed by atoms with Gasteiger partial charge in [0.2, 0.25) is 0 Å². The van der Waals surface area contributed by atoms with Crippen LogP contribution >= 0.6 is 35.0 Å². The number of thioether (sulfide) groups is 1. The van der Waals surface area contributed by atoms with Crippen LogP contribution in [0.15, 0.2) is 88.3 Å². The summed E-state index contributed by atoms with van der Waals surface area (Å²) in [6.45, 7) is 1.95. The average Bonchev–Trinajstić information content (AvgIpc) is 2.94. The first-order valence-corrected chi connectivity index (χ1v) is 10.7. The second-order valence-corrected chi connectivity index (χ2v) is 8.63. The molecule has 30 heavy (non-hydrogen) atoms. The van der Waals surface area contributed by atoms with Crippen molar-refractivity contribution in [2.45, 2.75) is 11.8 Å². The van der Waals surface area contributed by atoms with Crippen LogP contribution in [0.1, 0.15) is 5.56 Å². The van der Waals surface area contributed by atoms with E-state index in [4.69, 9.17) is 23.2 Å². The molecule has 0 fully saturated rings. The molecule has 0 bridgehead atoms. The largest absolute Gasteiger partial charge is 0.350 e. The average molecular weight is 455 g/mol. The van der Waals surface area contributed by atoms with Crippen LogP contribution < -0.4 is 10.2 Å². The van der Waals surface area contributed by atoms with Crippen LogP contribution in [-0.2, 0) is 9.59 Å². The van der Waals surface area contributed by atoms with Gasteiger partial charge in [0.25, 0.3) is 11.8 Å². The Hall–Kier alpha value is -2.73. The van der Waals surface area contributed by atoms with Gasteiger partial charge in [0.1, 0.15) is 10.6 Å². The summed E-state index contributed by atoms with van der Waals surface area (Å²) in [7, 11) is 0. The Kier molecular flexibility index (Phi) is 5.86. The fourth-order valence-electron chi connectivity index (χ4n) is 2.97. The van der Waals surface area contributed by atoms with Crippen molar-refractivity contribution in [3.63, 3.8) is 0 Å². The molecule has 3 aromatic rings. The fraction of sp³-hybridized carbons (Fsp3) is 0.0435. The molecule has 3 aromatic carbocycles. The van der Waals surface area contributed by atoms with Crippen molar-refractivity contribution in [1.29, 1.82) is 0 Å². The third-order valence-corrected chi connectivity index (χ3v) is 6.04. The van der Waals surface area contributed by atoms with Gasteiger partial charge in [-0.15, -0.1) is 0 Å². The van der Waals surface area contributed by atoms with E-state index in [0.717, 1.165) is 10.5 Å². The van der Waals surface area contributed by atoms with Gasteiger partial charge in [0.15, 0.2) is 0 Å². The van der Waals surface area contributed by atoms with Gasteiger partial charge < -0.3 is 5.32 Å². The molecule has 1 heterocycles. The molecule has 0 radical (unpaired) electrons. The first-order valence-electron chi connectivity index (χ1n) is 9.08. The van der Waals surface area contributed by atoms with Gasteiger partial charge in [-0.05, 0) is 61.5 Å². The highest BCUT2D eigenvalue weighted by Gasteiger charge is 2.40. The minimum absolute atomic E-state index is 0.211. The summed E-state index contributed by atoms with van der Waals surface area (Å²) in [5.74, 6) is -0.798. The van der Waals surface area contributed by atoms with E-state index in [1.165, 1.54) is 16.7 Å². The van der Waals surface area contributed by atoms with E-state index in [9.17, 15) is 9.59 Å². The molecule has 1 N–H and O–H groups in total. The van der Waals surface area contributed by atoms with E-state index in [2.05, 4.69) is 5.32 Å². The van der Waals surface area contributed by atoms with E-state index in [1.807, 2.05) is 31.2 Å². The number of rotatable bonds is 5.